The van der Waals surface area contributed by atoms with Crippen LogP contribution in [0.2, 0.25) is 0 Å². The first-order valence-corrected chi connectivity index (χ1v) is 20.7. The fourth-order valence-corrected chi connectivity index (χ4v) is 10.3. The molecule has 1 unspecified atom stereocenters. The predicted octanol–water partition coefficient (Wildman–Crippen LogP) is 15.2. The molecule has 0 fully saturated rings. The Morgan fingerprint density at radius 1 is 0.305 bits per heavy atom. The van der Waals surface area contributed by atoms with E-state index in [0.29, 0.717) is 0 Å². The van der Waals surface area contributed by atoms with Gasteiger partial charge in [-0.05, 0) is 115 Å². The van der Waals surface area contributed by atoms with Crippen LogP contribution in [-0.2, 0) is 10.8 Å². The minimum absolute atomic E-state index is 0.0611. The van der Waals surface area contributed by atoms with Crippen LogP contribution in [0.1, 0.15) is 47.2 Å². The molecular weight excluding hydrogens is 711 g/mol. The third-order valence-electron chi connectivity index (χ3n) is 12.9. The van der Waals surface area contributed by atoms with E-state index >= 15 is 0 Å². The summed E-state index contributed by atoms with van der Waals surface area (Å²) in [7, 11) is 0. The molecule has 1 heteroatoms. The Balaban J connectivity index is 1.13. The Labute approximate surface area is 347 Å². The van der Waals surface area contributed by atoms with Gasteiger partial charge in [0.25, 0.3) is 0 Å². The van der Waals surface area contributed by atoms with Crippen molar-refractivity contribution in [3.63, 3.8) is 0 Å². The fraction of sp³-hybridized carbons (Fsp3) is 0.0690. The molecule has 2 aliphatic carbocycles. The van der Waals surface area contributed by atoms with Gasteiger partial charge in [-0.25, -0.2) is 0 Å². The Morgan fingerprint density at radius 2 is 0.864 bits per heavy atom. The molecule has 0 amide bonds. The molecule has 0 aliphatic heterocycles. The largest absolute Gasteiger partial charge is 0.310 e. The van der Waals surface area contributed by atoms with Crippen LogP contribution in [-0.4, -0.2) is 0 Å². The number of rotatable bonds is 7. The van der Waals surface area contributed by atoms with Gasteiger partial charge in [0.05, 0.1) is 11.1 Å². The van der Waals surface area contributed by atoms with Gasteiger partial charge in [0.2, 0.25) is 0 Å². The highest BCUT2D eigenvalue weighted by Gasteiger charge is 2.46. The minimum atomic E-state index is -0.539. The zero-order chi connectivity index (χ0) is 39.6. The highest BCUT2D eigenvalue weighted by atomic mass is 15.1. The van der Waals surface area contributed by atoms with Gasteiger partial charge in [-0.3, -0.25) is 0 Å². The van der Waals surface area contributed by atoms with Crippen molar-refractivity contribution in [1.82, 2.24) is 0 Å². The average Bonchev–Trinajstić information content (AvgIpc) is 3.73. The number of nitrogens with zero attached hydrogens (tertiary/aromatic N) is 1. The number of benzene rings is 9. The summed E-state index contributed by atoms with van der Waals surface area (Å²) in [5.74, 6) is 0. The second-order valence-corrected chi connectivity index (χ2v) is 16.5. The van der Waals surface area contributed by atoms with E-state index in [4.69, 9.17) is 0 Å². The molecule has 1 atom stereocenters. The van der Waals surface area contributed by atoms with Crippen LogP contribution in [0.25, 0.3) is 44.5 Å². The molecule has 11 rings (SSSR count). The van der Waals surface area contributed by atoms with Crippen molar-refractivity contribution in [3.05, 3.63) is 258 Å². The van der Waals surface area contributed by atoms with E-state index in [1.54, 1.807) is 0 Å². The Hall–Kier alpha value is -7.22. The van der Waals surface area contributed by atoms with Gasteiger partial charge in [-0.15, -0.1) is 0 Å². The summed E-state index contributed by atoms with van der Waals surface area (Å²) in [5, 5.41) is 0. The summed E-state index contributed by atoms with van der Waals surface area (Å²) in [6.45, 7) is 4.70. The normalized spacial score (nSPS) is 15.5. The number of hydrogen-bond donors (Lipinski definition) is 0. The first-order chi connectivity index (χ1) is 29.0. The molecule has 59 heavy (non-hydrogen) atoms. The number of fused-ring (bicyclic) bond motifs is 6. The lowest BCUT2D eigenvalue weighted by Gasteiger charge is -2.34. The van der Waals surface area contributed by atoms with Gasteiger partial charge < -0.3 is 4.90 Å². The van der Waals surface area contributed by atoms with Gasteiger partial charge in [0, 0.05) is 22.4 Å². The maximum atomic E-state index is 2.46. The lowest BCUT2D eigenvalue weighted by molar-refractivity contribution is 0.660. The van der Waals surface area contributed by atoms with Gasteiger partial charge in [-0.1, -0.05) is 196 Å². The lowest BCUT2D eigenvalue weighted by Crippen LogP contribution is -2.28. The standard InChI is InChI=1S/C58H43N/c1-57(2)52-30-15-12-29-49(52)51-39-46(34-36-53(51)57)59(45-25-10-5-11-26-45)56-32-17-14-27-47(56)42-21-18-24-44(37-42)58(43-22-8-4-9-23-43)54-31-16-13-28-48(54)50-35-33-41(38-55(50)58)40-19-6-3-7-20-40/h3-39H,1-2H3. The first kappa shape index (κ1) is 35.0. The van der Waals surface area contributed by atoms with Crippen molar-refractivity contribution in [2.45, 2.75) is 24.7 Å². The zero-order valence-electron chi connectivity index (χ0n) is 33.3. The summed E-state index contributed by atoms with van der Waals surface area (Å²) >= 11 is 0. The Bertz CT molecular complexity index is 3020. The third kappa shape index (κ3) is 5.39. The van der Waals surface area contributed by atoms with Crippen molar-refractivity contribution in [1.29, 1.82) is 0 Å². The molecule has 0 aromatic heterocycles. The van der Waals surface area contributed by atoms with E-state index in [0.717, 1.165) is 17.1 Å². The molecule has 2 aliphatic rings. The lowest BCUT2D eigenvalue weighted by atomic mass is 9.67. The van der Waals surface area contributed by atoms with Crippen molar-refractivity contribution in [2.24, 2.45) is 0 Å². The molecule has 0 N–H and O–H groups in total. The predicted molar refractivity (Wildman–Crippen MR) is 247 cm³/mol. The first-order valence-electron chi connectivity index (χ1n) is 20.7. The van der Waals surface area contributed by atoms with Crippen LogP contribution >= 0.6 is 0 Å². The Morgan fingerprint density at radius 3 is 1.63 bits per heavy atom. The second-order valence-electron chi connectivity index (χ2n) is 16.5. The summed E-state index contributed by atoms with van der Waals surface area (Å²) in [6.07, 6.45) is 0. The van der Waals surface area contributed by atoms with E-state index in [-0.39, 0.29) is 5.41 Å². The molecule has 1 nitrogen and oxygen atoms in total. The number of para-hydroxylation sites is 2. The van der Waals surface area contributed by atoms with E-state index in [9.17, 15) is 0 Å². The molecule has 0 radical (unpaired) electrons. The van der Waals surface area contributed by atoms with Crippen molar-refractivity contribution < 1.29 is 0 Å². The molecular formula is C58H43N. The summed E-state index contributed by atoms with van der Waals surface area (Å²) < 4.78 is 0. The maximum Gasteiger partial charge on any atom is 0.0713 e. The topological polar surface area (TPSA) is 3.24 Å². The summed E-state index contributed by atoms with van der Waals surface area (Å²) in [6, 6.07) is 83.0. The van der Waals surface area contributed by atoms with Crippen molar-refractivity contribution in [2.75, 3.05) is 4.90 Å². The zero-order valence-corrected chi connectivity index (χ0v) is 33.3. The average molecular weight is 754 g/mol. The fourth-order valence-electron chi connectivity index (χ4n) is 10.3. The third-order valence-corrected chi connectivity index (χ3v) is 12.9. The quantitative estimate of drug-likeness (QED) is 0.157. The molecule has 0 spiro atoms. The van der Waals surface area contributed by atoms with Gasteiger partial charge >= 0.3 is 0 Å². The summed E-state index contributed by atoms with van der Waals surface area (Å²) in [4.78, 5) is 2.44. The smallest absolute Gasteiger partial charge is 0.0713 e. The van der Waals surface area contributed by atoms with Crippen molar-refractivity contribution >= 4 is 17.1 Å². The number of hydrogen-bond acceptors (Lipinski definition) is 1. The van der Waals surface area contributed by atoms with Crippen LogP contribution in [0.15, 0.2) is 224 Å². The second kappa shape index (κ2) is 13.7. The summed E-state index contributed by atoms with van der Waals surface area (Å²) in [5.41, 5.74) is 20.6. The van der Waals surface area contributed by atoms with Crippen LogP contribution in [0.5, 0.6) is 0 Å². The molecule has 0 saturated carbocycles. The monoisotopic (exact) mass is 753 g/mol. The maximum absolute atomic E-state index is 2.46. The molecule has 0 heterocycles. The highest BCUT2D eigenvalue weighted by Crippen LogP contribution is 2.57. The van der Waals surface area contributed by atoms with Crippen molar-refractivity contribution in [3.8, 4) is 44.5 Å². The molecule has 9 aromatic carbocycles. The molecule has 0 saturated heterocycles. The van der Waals surface area contributed by atoms with Gasteiger partial charge in [0.15, 0.2) is 0 Å². The van der Waals surface area contributed by atoms with E-state index < -0.39 is 5.41 Å². The highest BCUT2D eigenvalue weighted by molar-refractivity contribution is 5.93. The van der Waals surface area contributed by atoms with Crippen LogP contribution in [0.3, 0.4) is 0 Å². The van der Waals surface area contributed by atoms with Gasteiger partial charge in [0.1, 0.15) is 0 Å². The van der Waals surface area contributed by atoms with Gasteiger partial charge in [-0.2, -0.15) is 0 Å². The van der Waals surface area contributed by atoms with E-state index in [1.165, 1.54) is 77.9 Å². The van der Waals surface area contributed by atoms with Crippen LogP contribution in [0, 0.1) is 0 Å². The number of anilines is 3. The Kier molecular flexibility index (Phi) is 8.13. The molecule has 9 aromatic rings. The van der Waals surface area contributed by atoms with E-state index in [2.05, 4.69) is 243 Å². The SMILES string of the molecule is CC1(C)c2ccccc2-c2cc(N(c3ccccc3)c3ccccc3-c3cccc(C4(c5ccccc5)c5ccccc5-c5ccc(-c6ccccc6)cc54)c3)ccc21. The van der Waals surface area contributed by atoms with Crippen LogP contribution in [0.4, 0.5) is 17.1 Å². The molecule has 280 valence electrons. The van der Waals surface area contributed by atoms with Crippen LogP contribution < -0.4 is 4.90 Å². The van der Waals surface area contributed by atoms with E-state index in [1.807, 2.05) is 0 Å². The minimum Gasteiger partial charge on any atom is -0.310 e. The molecule has 0 bridgehead atoms.